The lowest BCUT2D eigenvalue weighted by atomic mass is 10.1. The number of unbranched alkanes of at least 4 members (excludes halogenated alkanes) is 1. The molecule has 0 aliphatic rings. The SMILES string of the molecule is CCCCc1ccc(NS(=O)(=O)c2ccc(OCC(=O)OC)cc2)cc1. The zero-order valence-electron chi connectivity index (χ0n) is 14.9. The van der Waals surface area contributed by atoms with E-state index in [2.05, 4.69) is 16.4 Å². The van der Waals surface area contributed by atoms with Crippen LogP contribution >= 0.6 is 0 Å². The number of anilines is 1. The van der Waals surface area contributed by atoms with Crippen molar-refractivity contribution in [3.05, 3.63) is 54.1 Å². The van der Waals surface area contributed by atoms with E-state index in [0.717, 1.165) is 19.3 Å². The Morgan fingerprint density at radius 3 is 2.27 bits per heavy atom. The Morgan fingerprint density at radius 2 is 1.69 bits per heavy atom. The molecule has 0 aliphatic heterocycles. The van der Waals surface area contributed by atoms with E-state index < -0.39 is 16.0 Å². The molecular formula is C19H23NO5S. The molecule has 0 unspecified atom stereocenters. The van der Waals surface area contributed by atoms with Crippen molar-refractivity contribution in [1.29, 1.82) is 0 Å². The fourth-order valence-electron chi connectivity index (χ4n) is 2.25. The summed E-state index contributed by atoms with van der Waals surface area (Å²) in [5, 5.41) is 0. The van der Waals surface area contributed by atoms with Gasteiger partial charge in [0.25, 0.3) is 10.0 Å². The number of nitrogens with one attached hydrogen (secondary N) is 1. The predicted molar refractivity (Wildman–Crippen MR) is 99.8 cm³/mol. The molecule has 140 valence electrons. The van der Waals surface area contributed by atoms with E-state index in [9.17, 15) is 13.2 Å². The average molecular weight is 377 g/mol. The monoisotopic (exact) mass is 377 g/mol. The maximum Gasteiger partial charge on any atom is 0.343 e. The summed E-state index contributed by atoms with van der Waals surface area (Å²) in [7, 11) is -2.43. The highest BCUT2D eigenvalue weighted by Crippen LogP contribution is 2.20. The summed E-state index contributed by atoms with van der Waals surface area (Å²) in [5.74, 6) is -0.125. The van der Waals surface area contributed by atoms with Gasteiger partial charge < -0.3 is 9.47 Å². The molecule has 6 nitrogen and oxygen atoms in total. The number of esters is 1. The third kappa shape index (κ3) is 5.77. The highest BCUT2D eigenvalue weighted by atomic mass is 32.2. The molecule has 0 spiro atoms. The number of ether oxygens (including phenoxy) is 2. The minimum Gasteiger partial charge on any atom is -0.482 e. The van der Waals surface area contributed by atoms with Crippen molar-refractivity contribution in [2.45, 2.75) is 31.1 Å². The van der Waals surface area contributed by atoms with E-state index >= 15 is 0 Å². The zero-order chi connectivity index (χ0) is 19.0. The molecule has 0 aliphatic carbocycles. The van der Waals surface area contributed by atoms with E-state index in [1.165, 1.54) is 36.9 Å². The molecule has 0 fully saturated rings. The number of methoxy groups -OCH3 is 1. The summed E-state index contributed by atoms with van der Waals surface area (Å²) in [6.45, 7) is 1.90. The second-order valence-electron chi connectivity index (χ2n) is 5.74. The van der Waals surface area contributed by atoms with Crippen LogP contribution in [-0.4, -0.2) is 28.1 Å². The topological polar surface area (TPSA) is 81.7 Å². The van der Waals surface area contributed by atoms with Gasteiger partial charge in [-0.15, -0.1) is 0 Å². The van der Waals surface area contributed by atoms with E-state index in [1.807, 2.05) is 12.1 Å². The van der Waals surface area contributed by atoms with Crippen LogP contribution in [0.15, 0.2) is 53.4 Å². The Morgan fingerprint density at radius 1 is 1.04 bits per heavy atom. The van der Waals surface area contributed by atoms with Gasteiger partial charge in [-0.05, 0) is 54.8 Å². The molecular weight excluding hydrogens is 354 g/mol. The largest absolute Gasteiger partial charge is 0.482 e. The third-order valence-corrected chi connectivity index (χ3v) is 5.14. The van der Waals surface area contributed by atoms with Gasteiger partial charge >= 0.3 is 5.97 Å². The summed E-state index contributed by atoms with van der Waals surface area (Å²) >= 11 is 0. The van der Waals surface area contributed by atoms with Crippen molar-refractivity contribution >= 4 is 21.7 Å². The zero-order valence-corrected chi connectivity index (χ0v) is 15.7. The minimum atomic E-state index is -3.69. The first kappa shape index (κ1) is 19.8. The first-order valence-corrected chi connectivity index (χ1v) is 9.84. The molecule has 7 heteroatoms. The summed E-state index contributed by atoms with van der Waals surface area (Å²) < 4.78 is 37.1. The summed E-state index contributed by atoms with van der Waals surface area (Å²) in [6.07, 6.45) is 3.21. The number of hydrogen-bond acceptors (Lipinski definition) is 5. The van der Waals surface area contributed by atoms with Crippen LogP contribution in [0.5, 0.6) is 5.75 Å². The molecule has 2 aromatic carbocycles. The van der Waals surface area contributed by atoms with Gasteiger partial charge in [-0.25, -0.2) is 13.2 Å². The molecule has 0 bridgehead atoms. The Bertz CT molecular complexity index is 814. The molecule has 0 radical (unpaired) electrons. The fourth-order valence-corrected chi connectivity index (χ4v) is 3.31. The molecule has 0 heterocycles. The third-order valence-electron chi connectivity index (χ3n) is 3.74. The van der Waals surface area contributed by atoms with Crippen LogP contribution in [0.4, 0.5) is 5.69 Å². The summed E-state index contributed by atoms with van der Waals surface area (Å²) in [5.41, 5.74) is 1.69. The second kappa shape index (κ2) is 9.24. The molecule has 0 atom stereocenters. The normalized spacial score (nSPS) is 11.0. The Balaban J connectivity index is 2.01. The molecule has 0 aromatic heterocycles. The van der Waals surface area contributed by atoms with Gasteiger partial charge in [0, 0.05) is 5.69 Å². The van der Waals surface area contributed by atoms with Gasteiger partial charge in [0.05, 0.1) is 12.0 Å². The molecule has 0 amide bonds. The molecule has 26 heavy (non-hydrogen) atoms. The second-order valence-corrected chi connectivity index (χ2v) is 7.42. The number of sulfonamides is 1. The van der Waals surface area contributed by atoms with Gasteiger partial charge in [-0.3, -0.25) is 4.72 Å². The van der Waals surface area contributed by atoms with Crippen molar-refractivity contribution in [2.24, 2.45) is 0 Å². The number of carbonyl (C=O) groups is 1. The van der Waals surface area contributed by atoms with Crippen LogP contribution in [0.1, 0.15) is 25.3 Å². The average Bonchev–Trinajstić information content (AvgIpc) is 2.65. The highest BCUT2D eigenvalue weighted by molar-refractivity contribution is 7.92. The van der Waals surface area contributed by atoms with Crippen molar-refractivity contribution in [2.75, 3.05) is 18.4 Å². The van der Waals surface area contributed by atoms with Crippen LogP contribution in [0.25, 0.3) is 0 Å². The highest BCUT2D eigenvalue weighted by Gasteiger charge is 2.14. The van der Waals surface area contributed by atoms with E-state index in [1.54, 1.807) is 12.1 Å². The lowest BCUT2D eigenvalue weighted by Gasteiger charge is -2.10. The van der Waals surface area contributed by atoms with Gasteiger partial charge in [-0.1, -0.05) is 25.5 Å². The van der Waals surface area contributed by atoms with E-state index in [-0.39, 0.29) is 11.5 Å². The summed E-state index contributed by atoms with van der Waals surface area (Å²) in [6, 6.07) is 13.2. The number of carbonyl (C=O) groups excluding carboxylic acids is 1. The first-order valence-electron chi connectivity index (χ1n) is 8.36. The molecule has 2 rings (SSSR count). The Hall–Kier alpha value is -2.54. The van der Waals surface area contributed by atoms with Crippen molar-refractivity contribution in [1.82, 2.24) is 0 Å². The molecule has 2 aromatic rings. The maximum atomic E-state index is 12.5. The van der Waals surface area contributed by atoms with Crippen LogP contribution in [0.3, 0.4) is 0 Å². The van der Waals surface area contributed by atoms with Crippen LogP contribution < -0.4 is 9.46 Å². The Labute approximate surface area is 154 Å². The van der Waals surface area contributed by atoms with Crippen LogP contribution in [0.2, 0.25) is 0 Å². The molecule has 1 N–H and O–H groups in total. The molecule has 0 saturated carbocycles. The van der Waals surface area contributed by atoms with Crippen molar-refractivity contribution in [3.63, 3.8) is 0 Å². The lowest BCUT2D eigenvalue weighted by Crippen LogP contribution is -2.14. The van der Waals surface area contributed by atoms with Gasteiger partial charge in [0.1, 0.15) is 5.75 Å². The van der Waals surface area contributed by atoms with Crippen molar-refractivity contribution < 1.29 is 22.7 Å². The fraction of sp³-hybridized carbons (Fsp3) is 0.316. The van der Waals surface area contributed by atoms with Crippen molar-refractivity contribution in [3.8, 4) is 5.75 Å². The van der Waals surface area contributed by atoms with Crippen LogP contribution in [-0.2, 0) is 26.0 Å². The summed E-state index contributed by atoms with van der Waals surface area (Å²) in [4.78, 5) is 11.2. The van der Waals surface area contributed by atoms with E-state index in [0.29, 0.717) is 11.4 Å². The quantitative estimate of drug-likeness (QED) is 0.678. The molecule has 0 saturated heterocycles. The van der Waals surface area contributed by atoms with Gasteiger partial charge in [0.2, 0.25) is 0 Å². The number of aryl methyl sites for hydroxylation is 1. The van der Waals surface area contributed by atoms with Crippen LogP contribution in [0, 0.1) is 0 Å². The number of benzene rings is 2. The maximum absolute atomic E-state index is 12.5. The number of rotatable bonds is 9. The van der Waals surface area contributed by atoms with Gasteiger partial charge in [0.15, 0.2) is 6.61 Å². The lowest BCUT2D eigenvalue weighted by molar-refractivity contribution is -0.142. The smallest absolute Gasteiger partial charge is 0.343 e. The predicted octanol–water partition coefficient (Wildman–Crippen LogP) is 3.38. The Kier molecular flexibility index (Phi) is 7.03. The van der Waals surface area contributed by atoms with E-state index in [4.69, 9.17) is 4.74 Å². The minimum absolute atomic E-state index is 0.109. The standard InChI is InChI=1S/C19H23NO5S/c1-3-4-5-15-6-8-16(9-7-15)20-26(22,23)18-12-10-17(11-13-18)25-14-19(21)24-2/h6-13,20H,3-5,14H2,1-2H3. The number of hydrogen-bond donors (Lipinski definition) is 1. The first-order chi connectivity index (χ1) is 12.4. The van der Waals surface area contributed by atoms with Gasteiger partial charge in [-0.2, -0.15) is 0 Å².